The maximum absolute atomic E-state index is 4.97. The number of fused-ring (bicyclic) bond motifs is 3. The van der Waals surface area contributed by atoms with Gasteiger partial charge in [-0.25, -0.2) is 0 Å². The van der Waals surface area contributed by atoms with Crippen LogP contribution in [-0.4, -0.2) is 29.5 Å². The molecule has 0 bridgehead atoms. The van der Waals surface area contributed by atoms with E-state index in [2.05, 4.69) is 115 Å². The van der Waals surface area contributed by atoms with Crippen LogP contribution < -0.4 is 0 Å². The fourth-order valence-electron chi connectivity index (χ4n) is 6.53. The van der Waals surface area contributed by atoms with E-state index in [1.807, 2.05) is 60.7 Å². The van der Waals surface area contributed by atoms with E-state index in [9.17, 15) is 0 Å². The van der Waals surface area contributed by atoms with Crippen molar-refractivity contribution in [2.75, 3.05) is 0 Å². The van der Waals surface area contributed by atoms with Gasteiger partial charge in [-0.3, -0.25) is 0 Å². The summed E-state index contributed by atoms with van der Waals surface area (Å²) in [4.78, 5) is 14.8. The number of hydrogen-bond donors (Lipinski definition) is 0. The van der Waals surface area contributed by atoms with Gasteiger partial charge in [-0.2, -0.15) is 0 Å². The van der Waals surface area contributed by atoms with Crippen molar-refractivity contribution in [3.63, 3.8) is 0 Å². The van der Waals surface area contributed by atoms with Crippen LogP contribution in [0, 0.1) is 0 Å². The fraction of sp³-hybridized carbons (Fsp3) is 0. The Bertz CT molecular complexity index is 2540. The van der Waals surface area contributed by atoms with E-state index in [1.54, 1.807) is 0 Å². The molecule has 0 fully saturated rings. The van der Waals surface area contributed by atoms with Crippen molar-refractivity contribution in [3.05, 3.63) is 176 Å². The molecule has 0 aliphatic heterocycles. The van der Waals surface area contributed by atoms with Crippen LogP contribution >= 0.6 is 0 Å². The zero-order valence-electron chi connectivity index (χ0n) is 26.5. The smallest absolute Gasteiger partial charge is 0.0512 e. The molecule has 7 aromatic carbocycles. The number of rotatable bonds is 6. The predicted octanol–water partition coefficient (Wildman–Crippen LogP) is 11.2. The van der Waals surface area contributed by atoms with Gasteiger partial charge in [0.2, 0.25) is 0 Å². The number of nitrogens with zero attached hydrogens (tertiary/aromatic N) is 3. The Balaban J connectivity index is 1.13. The zero-order chi connectivity index (χ0) is 32.6. The third-order valence-electron chi connectivity index (χ3n) is 8.94. The Morgan fingerprint density at radius 1 is 0.286 bits per heavy atom. The maximum atomic E-state index is 4.97. The van der Waals surface area contributed by atoms with Gasteiger partial charge in [0.05, 0.1) is 0 Å². The molecule has 230 valence electrons. The molecular weight excluding hydrogens is 661 g/mol. The first kappa shape index (κ1) is 29.2. The Morgan fingerprint density at radius 2 is 0.653 bits per heavy atom. The van der Waals surface area contributed by atoms with Gasteiger partial charge in [-0.1, -0.05) is 60.7 Å². The molecule has 9 rings (SSSR count). The van der Waals surface area contributed by atoms with Crippen molar-refractivity contribution in [3.8, 4) is 67.5 Å². The van der Waals surface area contributed by atoms with Crippen LogP contribution in [0.2, 0.25) is 0 Å². The predicted molar refractivity (Wildman–Crippen MR) is 204 cm³/mol. The van der Waals surface area contributed by atoms with Gasteiger partial charge >= 0.3 is 232 Å². The number of benzene rings is 7. The molecule has 0 atom stereocenters. The monoisotopic (exact) mass is 691 g/mol. The van der Waals surface area contributed by atoms with Gasteiger partial charge in [-0.15, -0.1) is 0 Å². The van der Waals surface area contributed by atoms with Crippen molar-refractivity contribution in [2.45, 2.75) is 0 Å². The van der Waals surface area contributed by atoms with Crippen molar-refractivity contribution in [1.82, 2.24) is 15.0 Å². The molecule has 0 saturated carbocycles. The minimum absolute atomic E-state index is 0.190. The van der Waals surface area contributed by atoms with E-state index >= 15 is 0 Å². The minimum atomic E-state index is 0.190. The number of hydrogen-bond acceptors (Lipinski definition) is 3. The van der Waals surface area contributed by atoms with Gasteiger partial charge in [-0.05, 0) is 0 Å². The van der Waals surface area contributed by atoms with Crippen molar-refractivity contribution >= 4 is 33.8 Å². The van der Waals surface area contributed by atoms with Crippen LogP contribution in [0.25, 0.3) is 86.8 Å². The second-order valence-electron chi connectivity index (χ2n) is 12.0. The van der Waals surface area contributed by atoms with E-state index in [-0.39, 0.29) is 14.5 Å². The van der Waals surface area contributed by atoms with Gasteiger partial charge in [0.1, 0.15) is 0 Å². The molecule has 0 N–H and O–H groups in total. The molecule has 3 nitrogen and oxygen atoms in total. The summed E-state index contributed by atoms with van der Waals surface area (Å²) < 4.78 is 2.92. The minimum Gasteiger partial charge on any atom is -0.0615 e. The van der Waals surface area contributed by atoms with E-state index < -0.39 is 0 Å². The third-order valence-corrected chi connectivity index (χ3v) is 11.6. The summed E-state index contributed by atoms with van der Waals surface area (Å²) in [7, 11) is 0. The molecule has 49 heavy (non-hydrogen) atoms. The first-order valence-corrected chi connectivity index (χ1v) is 18.1. The first-order valence-electron chi connectivity index (χ1n) is 16.4. The molecule has 4 heteroatoms. The van der Waals surface area contributed by atoms with Crippen LogP contribution in [0.5, 0.6) is 0 Å². The molecule has 0 spiro atoms. The van der Waals surface area contributed by atoms with E-state index in [0.717, 1.165) is 27.8 Å². The van der Waals surface area contributed by atoms with Crippen LogP contribution in [-0.2, 0) is 0 Å². The third kappa shape index (κ3) is 5.58. The van der Waals surface area contributed by atoms with Crippen LogP contribution in [0.4, 0.5) is 0 Å². The Hall–Kier alpha value is -5.93. The summed E-state index contributed by atoms with van der Waals surface area (Å²) in [6.45, 7) is 0. The average molecular weight is 691 g/mol. The second-order valence-corrected chi connectivity index (χ2v) is 14.2. The molecule has 0 radical (unpaired) electrons. The van der Waals surface area contributed by atoms with E-state index in [4.69, 9.17) is 15.0 Å². The quantitative estimate of drug-likeness (QED) is 0.163. The standard InChI is InChI=1S/C45H29N3Se/c1-4-14-30(15-5-1)37-24-12-26-39-40-27-13-25-38(42(40)49-41(37)39)35-22-10-20-33(28-35)34-21-11-23-36(29-34)45-47-43(31-16-6-2-7-17-31)46-44(48-45)32-18-8-3-9-19-32/h1-29H. The Labute approximate surface area is 291 Å². The van der Waals surface area contributed by atoms with Crippen molar-refractivity contribution in [1.29, 1.82) is 0 Å². The molecule has 2 heterocycles. The molecule has 0 unspecified atom stereocenters. The molecule has 0 amide bonds. The van der Waals surface area contributed by atoms with Gasteiger partial charge in [0.15, 0.2) is 0 Å². The molecule has 0 aliphatic rings. The molecular formula is C45H29N3Se. The first-order chi connectivity index (χ1) is 24.3. The zero-order valence-corrected chi connectivity index (χ0v) is 28.2. The molecule has 0 saturated heterocycles. The maximum Gasteiger partial charge on any atom is -0.0512 e. The summed E-state index contributed by atoms with van der Waals surface area (Å²) >= 11 is 0.190. The molecule has 2 aromatic heterocycles. The summed E-state index contributed by atoms with van der Waals surface area (Å²) in [5.41, 5.74) is 10.3. The van der Waals surface area contributed by atoms with Crippen molar-refractivity contribution < 1.29 is 0 Å². The average Bonchev–Trinajstić information content (AvgIpc) is 3.58. The van der Waals surface area contributed by atoms with Gasteiger partial charge < -0.3 is 0 Å². The van der Waals surface area contributed by atoms with Crippen LogP contribution in [0.3, 0.4) is 0 Å². The Kier molecular flexibility index (Phi) is 7.51. The van der Waals surface area contributed by atoms with E-state index in [1.165, 1.54) is 41.5 Å². The van der Waals surface area contributed by atoms with E-state index in [0.29, 0.717) is 17.5 Å². The summed E-state index contributed by atoms with van der Waals surface area (Å²) in [5, 5.41) is 2.72. The summed E-state index contributed by atoms with van der Waals surface area (Å²) in [5.74, 6) is 1.97. The summed E-state index contributed by atoms with van der Waals surface area (Å²) in [6, 6.07) is 62.0. The van der Waals surface area contributed by atoms with Crippen LogP contribution in [0.1, 0.15) is 0 Å². The largest absolute Gasteiger partial charge is 0.0615 e. The fourth-order valence-corrected chi connectivity index (χ4v) is 9.41. The number of aromatic nitrogens is 3. The second kappa shape index (κ2) is 12.6. The Morgan fingerprint density at radius 3 is 1.18 bits per heavy atom. The van der Waals surface area contributed by atoms with Crippen molar-refractivity contribution in [2.24, 2.45) is 0 Å². The van der Waals surface area contributed by atoms with Gasteiger partial charge in [0.25, 0.3) is 0 Å². The normalized spacial score (nSPS) is 11.3. The molecule has 0 aliphatic carbocycles. The topological polar surface area (TPSA) is 38.7 Å². The molecule has 9 aromatic rings. The van der Waals surface area contributed by atoms with Gasteiger partial charge in [0, 0.05) is 0 Å². The summed E-state index contributed by atoms with van der Waals surface area (Å²) in [6.07, 6.45) is 0. The van der Waals surface area contributed by atoms with Crippen LogP contribution in [0.15, 0.2) is 176 Å². The SMILES string of the molecule is c1ccc(-c2nc(-c3ccccc3)nc(-c3cccc(-c4cccc(-c5cccc6c5[se]c5c(-c7ccccc7)cccc56)c4)c3)n2)cc1.